The normalized spacial score (nSPS) is 11.2. The minimum Gasteiger partial charge on any atom is -0.476 e. The van der Waals surface area contributed by atoms with Crippen molar-refractivity contribution >= 4 is 5.97 Å². The van der Waals surface area contributed by atoms with E-state index in [2.05, 4.69) is 0 Å². The first-order chi connectivity index (χ1) is 12.2. The van der Waals surface area contributed by atoms with Crippen molar-refractivity contribution in [1.82, 2.24) is 0 Å². The van der Waals surface area contributed by atoms with Crippen molar-refractivity contribution in [3.8, 4) is 17.2 Å². The molecule has 2 aromatic rings. The highest BCUT2D eigenvalue weighted by molar-refractivity contribution is 5.79. The van der Waals surface area contributed by atoms with Crippen LogP contribution in [0.4, 0.5) is 4.39 Å². The zero-order valence-electron chi connectivity index (χ0n) is 15.5. The summed E-state index contributed by atoms with van der Waals surface area (Å²) in [6, 6.07) is 9.50. The molecule has 2 rings (SSSR count). The molecule has 2 aromatic carbocycles. The van der Waals surface area contributed by atoms with Crippen molar-refractivity contribution in [3.05, 3.63) is 53.3 Å². The molecule has 0 aliphatic carbocycles. The van der Waals surface area contributed by atoms with Crippen LogP contribution in [0.15, 0.2) is 36.4 Å². The molecule has 0 heterocycles. The van der Waals surface area contributed by atoms with E-state index in [0.29, 0.717) is 22.8 Å². The number of ether oxygens (including phenoxy) is 3. The largest absolute Gasteiger partial charge is 0.476 e. The Bertz CT molecular complexity index is 789. The van der Waals surface area contributed by atoms with Crippen molar-refractivity contribution in [1.29, 1.82) is 0 Å². The number of halogens is 1. The number of carbonyl (C=O) groups is 1. The highest BCUT2D eigenvalue weighted by Crippen LogP contribution is 2.30. The SMILES string of the molecule is CCOC(=O)C(C)(C)Oc1ccc(Oc2cc(F)cc(CN)c2)cc1C. The predicted molar refractivity (Wildman–Crippen MR) is 96.9 cm³/mol. The molecule has 140 valence electrons. The van der Waals surface area contributed by atoms with Crippen molar-refractivity contribution in [2.24, 2.45) is 5.73 Å². The van der Waals surface area contributed by atoms with E-state index in [-0.39, 0.29) is 13.2 Å². The molecule has 0 radical (unpaired) electrons. The van der Waals surface area contributed by atoms with Gasteiger partial charge in [-0.25, -0.2) is 9.18 Å². The van der Waals surface area contributed by atoms with Gasteiger partial charge in [0, 0.05) is 12.6 Å². The summed E-state index contributed by atoms with van der Waals surface area (Å²) in [4.78, 5) is 12.0. The number of hydrogen-bond donors (Lipinski definition) is 1. The summed E-state index contributed by atoms with van der Waals surface area (Å²) in [5.74, 6) is 0.588. The Labute approximate surface area is 152 Å². The predicted octanol–water partition coefficient (Wildman–Crippen LogP) is 4.11. The van der Waals surface area contributed by atoms with E-state index in [4.69, 9.17) is 19.9 Å². The minimum absolute atomic E-state index is 0.225. The van der Waals surface area contributed by atoms with Gasteiger partial charge in [-0.1, -0.05) is 0 Å². The van der Waals surface area contributed by atoms with Crippen molar-refractivity contribution in [3.63, 3.8) is 0 Å². The molecule has 2 N–H and O–H groups in total. The average molecular weight is 361 g/mol. The van der Waals surface area contributed by atoms with Crippen LogP contribution in [0.25, 0.3) is 0 Å². The van der Waals surface area contributed by atoms with E-state index < -0.39 is 17.4 Å². The number of carbonyl (C=O) groups excluding carboxylic acids is 1. The van der Waals surface area contributed by atoms with Crippen LogP contribution in [-0.2, 0) is 16.1 Å². The van der Waals surface area contributed by atoms with Gasteiger partial charge < -0.3 is 19.9 Å². The minimum atomic E-state index is -1.11. The highest BCUT2D eigenvalue weighted by atomic mass is 19.1. The van der Waals surface area contributed by atoms with Gasteiger partial charge in [-0.05, 0) is 69.2 Å². The van der Waals surface area contributed by atoms with Gasteiger partial charge in [0.05, 0.1) is 6.61 Å². The van der Waals surface area contributed by atoms with E-state index in [0.717, 1.165) is 5.56 Å². The molecule has 0 saturated carbocycles. The Kier molecular flexibility index (Phi) is 6.21. The highest BCUT2D eigenvalue weighted by Gasteiger charge is 2.32. The smallest absolute Gasteiger partial charge is 0.349 e. The fourth-order valence-corrected chi connectivity index (χ4v) is 2.35. The number of rotatable bonds is 7. The van der Waals surface area contributed by atoms with Crippen molar-refractivity contribution < 1.29 is 23.4 Å². The van der Waals surface area contributed by atoms with E-state index in [1.165, 1.54) is 12.1 Å². The maximum Gasteiger partial charge on any atom is 0.349 e. The van der Waals surface area contributed by atoms with E-state index >= 15 is 0 Å². The van der Waals surface area contributed by atoms with Crippen molar-refractivity contribution in [2.45, 2.75) is 39.8 Å². The van der Waals surface area contributed by atoms with Gasteiger partial charge in [-0.3, -0.25) is 0 Å². The van der Waals surface area contributed by atoms with Crippen LogP contribution in [0.5, 0.6) is 17.2 Å². The van der Waals surface area contributed by atoms with Crippen LogP contribution in [0, 0.1) is 12.7 Å². The summed E-state index contributed by atoms with van der Waals surface area (Å²) in [5, 5.41) is 0. The lowest BCUT2D eigenvalue weighted by atomic mass is 10.1. The van der Waals surface area contributed by atoms with Crippen LogP contribution in [0.1, 0.15) is 31.9 Å². The first-order valence-electron chi connectivity index (χ1n) is 8.39. The maximum absolute atomic E-state index is 13.6. The lowest BCUT2D eigenvalue weighted by molar-refractivity contribution is -0.158. The fraction of sp³-hybridized carbons (Fsp3) is 0.350. The molecular weight excluding hydrogens is 337 g/mol. The van der Waals surface area contributed by atoms with Gasteiger partial charge in [-0.2, -0.15) is 0 Å². The van der Waals surface area contributed by atoms with Gasteiger partial charge in [0.25, 0.3) is 0 Å². The summed E-state index contributed by atoms with van der Waals surface area (Å²) in [7, 11) is 0. The fourth-order valence-electron chi connectivity index (χ4n) is 2.35. The average Bonchev–Trinajstić information content (AvgIpc) is 2.57. The van der Waals surface area contributed by atoms with Gasteiger partial charge >= 0.3 is 5.97 Å². The quantitative estimate of drug-likeness (QED) is 0.752. The monoisotopic (exact) mass is 361 g/mol. The molecule has 0 bridgehead atoms. The lowest BCUT2D eigenvalue weighted by Crippen LogP contribution is -2.39. The van der Waals surface area contributed by atoms with E-state index in [9.17, 15) is 9.18 Å². The molecule has 0 aliphatic heterocycles. The Morgan fingerprint density at radius 1 is 1.15 bits per heavy atom. The zero-order valence-corrected chi connectivity index (χ0v) is 15.5. The zero-order chi connectivity index (χ0) is 19.3. The van der Waals surface area contributed by atoms with Crippen LogP contribution < -0.4 is 15.2 Å². The van der Waals surface area contributed by atoms with Gasteiger partial charge in [0.15, 0.2) is 5.60 Å². The number of aryl methyl sites for hydroxylation is 1. The molecule has 0 aromatic heterocycles. The third kappa shape index (κ3) is 4.95. The van der Waals surface area contributed by atoms with E-state index in [1.807, 2.05) is 6.92 Å². The number of nitrogens with two attached hydrogens (primary N) is 1. The topological polar surface area (TPSA) is 70.8 Å². The summed E-state index contributed by atoms with van der Waals surface area (Å²) < 4.78 is 30.1. The molecule has 6 heteroatoms. The second-order valence-corrected chi connectivity index (χ2v) is 6.36. The standard InChI is InChI=1S/C20H24FNO4/c1-5-24-19(23)20(3,4)26-18-7-6-16(8-13(18)2)25-17-10-14(12-22)9-15(21)11-17/h6-11H,5,12,22H2,1-4H3. The summed E-state index contributed by atoms with van der Waals surface area (Å²) in [6.45, 7) is 7.39. The molecule has 0 fully saturated rings. The summed E-state index contributed by atoms with van der Waals surface area (Å²) in [5.41, 5.74) is 5.86. The van der Waals surface area contributed by atoms with Crippen LogP contribution in [0.2, 0.25) is 0 Å². The Morgan fingerprint density at radius 3 is 2.50 bits per heavy atom. The number of hydrogen-bond acceptors (Lipinski definition) is 5. The summed E-state index contributed by atoms with van der Waals surface area (Å²) in [6.07, 6.45) is 0. The maximum atomic E-state index is 13.6. The molecule has 0 aliphatic rings. The van der Waals surface area contributed by atoms with Crippen LogP contribution in [0.3, 0.4) is 0 Å². The Balaban J connectivity index is 2.17. The first-order valence-corrected chi connectivity index (χ1v) is 8.39. The third-order valence-corrected chi connectivity index (χ3v) is 3.68. The molecule has 0 saturated heterocycles. The second kappa shape index (κ2) is 8.19. The number of benzene rings is 2. The van der Waals surface area contributed by atoms with Crippen molar-refractivity contribution in [2.75, 3.05) is 6.61 Å². The second-order valence-electron chi connectivity index (χ2n) is 6.36. The molecular formula is C20H24FNO4. The molecule has 26 heavy (non-hydrogen) atoms. The first kappa shape index (κ1) is 19.7. The molecule has 0 amide bonds. The van der Waals surface area contributed by atoms with Crippen LogP contribution >= 0.6 is 0 Å². The lowest BCUT2D eigenvalue weighted by Gasteiger charge is -2.25. The molecule has 5 nitrogen and oxygen atoms in total. The third-order valence-electron chi connectivity index (χ3n) is 3.68. The molecule has 0 spiro atoms. The van der Waals surface area contributed by atoms with Gasteiger partial charge in [0.2, 0.25) is 0 Å². The number of esters is 1. The summed E-state index contributed by atoms with van der Waals surface area (Å²) >= 11 is 0. The van der Waals surface area contributed by atoms with Gasteiger partial charge in [-0.15, -0.1) is 0 Å². The Hall–Kier alpha value is -2.60. The van der Waals surface area contributed by atoms with E-state index in [1.54, 1.807) is 45.0 Å². The Morgan fingerprint density at radius 2 is 1.88 bits per heavy atom. The van der Waals surface area contributed by atoms with Gasteiger partial charge in [0.1, 0.15) is 23.1 Å². The molecule has 0 atom stereocenters. The van der Waals surface area contributed by atoms with Crippen LogP contribution in [-0.4, -0.2) is 18.2 Å². The molecule has 0 unspecified atom stereocenters.